The molecule has 0 spiro atoms. The zero-order valence-electron chi connectivity index (χ0n) is 15.2. The Hall–Kier alpha value is -3.22. The Labute approximate surface area is 156 Å². The third-order valence-corrected chi connectivity index (χ3v) is 4.18. The first-order valence-electron chi connectivity index (χ1n) is 8.79. The molecule has 1 aliphatic rings. The standard InChI is InChI=1S/C20H20N2O5/c1-3-26-16(23)11-13(20(25)27-4-2)18-19(24)22-15-10-6-8-12-7-5-9-14(21-18)17(12)15/h5-10,13H,3-4,11H2,1-2H3,(H,22,24). The van der Waals surface area contributed by atoms with E-state index in [4.69, 9.17) is 9.47 Å². The minimum absolute atomic E-state index is 0.0646. The summed E-state index contributed by atoms with van der Waals surface area (Å²) in [6.45, 7) is 3.63. The Morgan fingerprint density at radius 2 is 1.78 bits per heavy atom. The summed E-state index contributed by atoms with van der Waals surface area (Å²) in [4.78, 5) is 41.7. The second kappa shape index (κ2) is 7.99. The van der Waals surface area contributed by atoms with Crippen LogP contribution in [0.25, 0.3) is 10.8 Å². The number of hydrogen-bond donors (Lipinski definition) is 1. The molecule has 1 aliphatic heterocycles. The highest BCUT2D eigenvalue weighted by molar-refractivity contribution is 6.48. The number of aliphatic imine (C=N–C) groups is 1. The summed E-state index contributed by atoms with van der Waals surface area (Å²) in [5.74, 6) is -2.96. The first-order valence-corrected chi connectivity index (χ1v) is 8.79. The molecule has 0 saturated carbocycles. The fraction of sp³-hybridized carbons (Fsp3) is 0.300. The predicted octanol–water partition coefficient (Wildman–Crippen LogP) is 3.00. The van der Waals surface area contributed by atoms with Crippen molar-refractivity contribution in [2.45, 2.75) is 20.3 Å². The Morgan fingerprint density at radius 1 is 1.07 bits per heavy atom. The molecular weight excluding hydrogens is 348 g/mol. The minimum Gasteiger partial charge on any atom is -0.466 e. The van der Waals surface area contributed by atoms with Crippen LogP contribution in [0.1, 0.15) is 20.3 Å². The average Bonchev–Trinajstić information content (AvgIpc) is 2.78. The number of ether oxygens (including phenoxy) is 2. The molecule has 7 heteroatoms. The first-order chi connectivity index (χ1) is 13.0. The number of benzene rings is 2. The maximum absolute atomic E-state index is 12.8. The van der Waals surface area contributed by atoms with Gasteiger partial charge in [-0.15, -0.1) is 0 Å². The van der Waals surface area contributed by atoms with Gasteiger partial charge >= 0.3 is 11.9 Å². The molecular formula is C20H20N2O5. The van der Waals surface area contributed by atoms with Crippen molar-refractivity contribution < 1.29 is 23.9 Å². The van der Waals surface area contributed by atoms with Gasteiger partial charge in [0.2, 0.25) is 0 Å². The Balaban J connectivity index is 2.08. The summed E-state index contributed by atoms with van der Waals surface area (Å²) in [5, 5.41) is 4.48. The number of carbonyl (C=O) groups excluding carboxylic acids is 3. The van der Waals surface area contributed by atoms with Crippen LogP contribution in [-0.2, 0) is 23.9 Å². The summed E-state index contributed by atoms with van der Waals surface area (Å²) >= 11 is 0. The number of rotatable bonds is 6. The number of amides is 1. The summed E-state index contributed by atoms with van der Waals surface area (Å²) in [5.41, 5.74) is 1.09. The van der Waals surface area contributed by atoms with Crippen LogP contribution in [0.5, 0.6) is 0 Å². The molecule has 0 fully saturated rings. The van der Waals surface area contributed by atoms with Gasteiger partial charge in [0.05, 0.1) is 31.0 Å². The molecule has 0 saturated heterocycles. The second-order valence-electron chi connectivity index (χ2n) is 5.95. The van der Waals surface area contributed by atoms with E-state index in [0.29, 0.717) is 11.4 Å². The molecule has 1 N–H and O–H groups in total. The van der Waals surface area contributed by atoms with Crippen molar-refractivity contribution in [2.75, 3.05) is 18.5 Å². The van der Waals surface area contributed by atoms with E-state index in [1.807, 2.05) is 24.3 Å². The third kappa shape index (κ3) is 3.81. The molecule has 27 heavy (non-hydrogen) atoms. The van der Waals surface area contributed by atoms with Gasteiger partial charge in [-0.3, -0.25) is 14.4 Å². The van der Waals surface area contributed by atoms with E-state index in [0.717, 1.165) is 10.8 Å². The molecule has 0 bridgehead atoms. The average molecular weight is 368 g/mol. The fourth-order valence-electron chi connectivity index (χ4n) is 3.04. The van der Waals surface area contributed by atoms with E-state index in [9.17, 15) is 14.4 Å². The lowest BCUT2D eigenvalue weighted by Crippen LogP contribution is -2.36. The molecule has 7 nitrogen and oxygen atoms in total. The molecule has 140 valence electrons. The van der Waals surface area contributed by atoms with Gasteiger partial charge in [-0.1, -0.05) is 24.3 Å². The molecule has 1 atom stereocenters. The number of hydrogen-bond acceptors (Lipinski definition) is 6. The smallest absolute Gasteiger partial charge is 0.315 e. The highest BCUT2D eigenvalue weighted by Crippen LogP contribution is 2.35. The molecule has 3 rings (SSSR count). The van der Waals surface area contributed by atoms with Crippen LogP contribution in [0.2, 0.25) is 0 Å². The zero-order valence-corrected chi connectivity index (χ0v) is 15.2. The topological polar surface area (TPSA) is 94.1 Å². The Morgan fingerprint density at radius 3 is 2.48 bits per heavy atom. The SMILES string of the molecule is CCOC(=O)CC(C(=O)OCC)C1=Nc2cccc3cccc(c23)NC1=O. The molecule has 0 radical (unpaired) electrons. The normalized spacial score (nSPS) is 14.0. The maximum Gasteiger partial charge on any atom is 0.315 e. The quantitative estimate of drug-likeness (QED) is 0.791. The van der Waals surface area contributed by atoms with Crippen LogP contribution >= 0.6 is 0 Å². The molecule has 0 aliphatic carbocycles. The van der Waals surface area contributed by atoms with Gasteiger partial charge in [0.15, 0.2) is 0 Å². The van der Waals surface area contributed by atoms with E-state index in [1.165, 1.54) is 0 Å². The fourth-order valence-corrected chi connectivity index (χ4v) is 3.04. The van der Waals surface area contributed by atoms with Crippen molar-refractivity contribution >= 4 is 45.7 Å². The van der Waals surface area contributed by atoms with Gasteiger partial charge in [0, 0.05) is 5.39 Å². The monoisotopic (exact) mass is 368 g/mol. The van der Waals surface area contributed by atoms with Crippen LogP contribution in [-0.4, -0.2) is 36.8 Å². The van der Waals surface area contributed by atoms with Gasteiger partial charge in [-0.2, -0.15) is 0 Å². The van der Waals surface area contributed by atoms with Crippen molar-refractivity contribution in [1.82, 2.24) is 0 Å². The van der Waals surface area contributed by atoms with E-state index in [2.05, 4.69) is 10.3 Å². The largest absolute Gasteiger partial charge is 0.466 e. The highest BCUT2D eigenvalue weighted by Gasteiger charge is 2.35. The van der Waals surface area contributed by atoms with Crippen LogP contribution < -0.4 is 5.32 Å². The van der Waals surface area contributed by atoms with Gasteiger partial charge in [0.25, 0.3) is 5.91 Å². The second-order valence-corrected chi connectivity index (χ2v) is 5.95. The zero-order chi connectivity index (χ0) is 19.4. The molecule has 2 aromatic rings. The van der Waals surface area contributed by atoms with Crippen molar-refractivity contribution in [3.63, 3.8) is 0 Å². The van der Waals surface area contributed by atoms with Crippen LogP contribution in [0.4, 0.5) is 11.4 Å². The molecule has 1 unspecified atom stereocenters. The number of nitrogens with zero attached hydrogens (tertiary/aromatic N) is 1. The molecule has 1 amide bonds. The van der Waals surface area contributed by atoms with Crippen molar-refractivity contribution in [3.8, 4) is 0 Å². The maximum atomic E-state index is 12.8. The van der Waals surface area contributed by atoms with Crippen molar-refractivity contribution in [3.05, 3.63) is 36.4 Å². The lowest BCUT2D eigenvalue weighted by Gasteiger charge is -2.16. The number of carbonyl (C=O) groups is 3. The number of nitrogens with one attached hydrogen (secondary N) is 1. The third-order valence-electron chi connectivity index (χ3n) is 4.18. The van der Waals surface area contributed by atoms with Crippen LogP contribution in [0, 0.1) is 5.92 Å². The lowest BCUT2D eigenvalue weighted by atomic mass is 9.98. The van der Waals surface area contributed by atoms with Gasteiger partial charge in [0.1, 0.15) is 11.6 Å². The molecule has 2 aromatic carbocycles. The minimum atomic E-state index is -1.14. The van der Waals surface area contributed by atoms with Crippen molar-refractivity contribution in [2.24, 2.45) is 10.9 Å². The molecule has 1 heterocycles. The summed E-state index contributed by atoms with van der Waals surface area (Å²) in [6, 6.07) is 11.0. The van der Waals surface area contributed by atoms with E-state index in [1.54, 1.807) is 26.0 Å². The summed E-state index contributed by atoms with van der Waals surface area (Å²) < 4.78 is 10.0. The van der Waals surface area contributed by atoms with E-state index < -0.39 is 23.8 Å². The van der Waals surface area contributed by atoms with Gasteiger partial charge < -0.3 is 14.8 Å². The Kier molecular flexibility index (Phi) is 5.49. The summed E-state index contributed by atoms with van der Waals surface area (Å²) in [6.07, 6.45) is -0.314. The number of anilines is 1. The first kappa shape index (κ1) is 18.6. The summed E-state index contributed by atoms with van der Waals surface area (Å²) in [7, 11) is 0. The van der Waals surface area contributed by atoms with Crippen LogP contribution in [0.15, 0.2) is 41.4 Å². The van der Waals surface area contributed by atoms with E-state index in [-0.39, 0.29) is 25.3 Å². The van der Waals surface area contributed by atoms with Gasteiger partial charge in [-0.25, -0.2) is 4.99 Å². The molecule has 0 aromatic heterocycles. The lowest BCUT2D eigenvalue weighted by molar-refractivity contribution is -0.152. The highest BCUT2D eigenvalue weighted by atomic mass is 16.5. The Bertz CT molecular complexity index is 930. The van der Waals surface area contributed by atoms with Crippen LogP contribution in [0.3, 0.4) is 0 Å². The van der Waals surface area contributed by atoms with Gasteiger partial charge in [-0.05, 0) is 31.4 Å². The number of esters is 2. The predicted molar refractivity (Wildman–Crippen MR) is 101 cm³/mol. The van der Waals surface area contributed by atoms with Crippen molar-refractivity contribution in [1.29, 1.82) is 0 Å². The van der Waals surface area contributed by atoms with E-state index >= 15 is 0 Å².